The van der Waals surface area contributed by atoms with Gasteiger partial charge in [0.1, 0.15) is 11.4 Å². The lowest BCUT2D eigenvalue weighted by Gasteiger charge is -2.26. The predicted octanol–water partition coefficient (Wildman–Crippen LogP) is 4.49. The second-order valence-electron chi connectivity index (χ2n) is 10.5. The highest BCUT2D eigenvalue weighted by Crippen LogP contribution is 2.34. The molecule has 35 heavy (non-hydrogen) atoms. The largest absolute Gasteiger partial charge is 0.563 e. The molecule has 1 atom stereocenters. The maximum atomic E-state index is 13.9. The van der Waals surface area contributed by atoms with E-state index in [0.29, 0.717) is 12.3 Å². The van der Waals surface area contributed by atoms with E-state index in [1.807, 2.05) is 39.8 Å². The summed E-state index contributed by atoms with van der Waals surface area (Å²) in [5.41, 5.74) is 4.88. The lowest BCUT2D eigenvalue weighted by molar-refractivity contribution is -0.124. The minimum atomic E-state index is -0.547. The first-order chi connectivity index (χ1) is 16.6. The summed E-state index contributed by atoms with van der Waals surface area (Å²) >= 11 is 0. The Labute approximate surface area is 206 Å². The van der Waals surface area contributed by atoms with Crippen LogP contribution in [-0.4, -0.2) is 29.2 Å². The molecule has 7 heteroatoms. The van der Waals surface area contributed by atoms with Gasteiger partial charge in [0.15, 0.2) is 0 Å². The van der Waals surface area contributed by atoms with Crippen molar-refractivity contribution < 1.29 is 18.5 Å². The average molecular weight is 474 g/mol. The van der Waals surface area contributed by atoms with Crippen molar-refractivity contribution in [2.24, 2.45) is 5.92 Å². The quantitative estimate of drug-likeness (QED) is 0.555. The molecule has 0 bridgehead atoms. The Morgan fingerprint density at radius 1 is 1.29 bits per heavy atom. The molecule has 1 fully saturated rings. The number of hydrogen-bond acceptors (Lipinski definition) is 3. The maximum Gasteiger partial charge on any atom is 0.563 e. The number of benzene rings is 2. The maximum absolute atomic E-state index is 13.9. The van der Waals surface area contributed by atoms with Crippen molar-refractivity contribution in [2.75, 3.05) is 0 Å². The zero-order chi connectivity index (χ0) is 24.9. The summed E-state index contributed by atoms with van der Waals surface area (Å²) in [6.45, 7) is 12.3. The molecule has 0 radical (unpaired) electrons. The predicted molar refractivity (Wildman–Crippen MR) is 137 cm³/mol. The van der Waals surface area contributed by atoms with Crippen LogP contribution in [-0.2, 0) is 33.5 Å². The van der Waals surface area contributed by atoms with Crippen molar-refractivity contribution in [1.82, 2.24) is 9.88 Å². The van der Waals surface area contributed by atoms with Crippen molar-refractivity contribution in [3.05, 3.63) is 77.4 Å². The Morgan fingerprint density at radius 3 is 2.77 bits per heavy atom. The normalized spacial score (nSPS) is 19.2. The Balaban J connectivity index is 1.56. The number of amides is 1. The van der Waals surface area contributed by atoms with E-state index in [1.54, 1.807) is 12.1 Å². The number of rotatable bonds is 5. The Kier molecular flexibility index (Phi) is 6.00. The molecule has 1 saturated heterocycles. The molecule has 1 aromatic heterocycles. The zero-order valence-corrected chi connectivity index (χ0v) is 20.9. The van der Waals surface area contributed by atoms with Gasteiger partial charge in [0.05, 0.1) is 5.76 Å². The number of nitrogens with one attached hydrogen (secondary N) is 1. The molecule has 1 aliphatic heterocycles. The van der Waals surface area contributed by atoms with Crippen LogP contribution in [0.1, 0.15) is 50.9 Å². The van der Waals surface area contributed by atoms with Crippen LogP contribution in [0.5, 0.6) is 0 Å². The summed E-state index contributed by atoms with van der Waals surface area (Å²) in [6, 6.07) is 13.1. The topological polar surface area (TPSA) is 52.5 Å². The van der Waals surface area contributed by atoms with Crippen LogP contribution < -0.4 is 10.8 Å². The summed E-state index contributed by atoms with van der Waals surface area (Å²) in [6.07, 6.45) is 2.48. The van der Waals surface area contributed by atoms with E-state index in [-0.39, 0.29) is 23.7 Å². The van der Waals surface area contributed by atoms with Crippen molar-refractivity contribution in [1.29, 1.82) is 0 Å². The van der Waals surface area contributed by atoms with Gasteiger partial charge in [-0.3, -0.25) is 4.79 Å². The molecule has 1 unspecified atom stereocenters. The van der Waals surface area contributed by atoms with Crippen LogP contribution in [0, 0.1) is 11.7 Å². The smallest absolute Gasteiger partial charge is 0.534 e. The minimum absolute atomic E-state index is 0.0505. The molecule has 182 valence electrons. The van der Waals surface area contributed by atoms with E-state index in [9.17, 15) is 9.18 Å². The highest BCUT2D eigenvalue weighted by atomic mass is 19.1. The van der Waals surface area contributed by atoms with Gasteiger partial charge in [-0.1, -0.05) is 44.7 Å². The molecule has 1 aliphatic carbocycles. The summed E-state index contributed by atoms with van der Waals surface area (Å²) in [4.78, 5) is 12.4. The molecule has 2 heterocycles. The zero-order valence-electron chi connectivity index (χ0n) is 20.9. The molecular weight excluding hydrogens is 442 g/mol. The van der Waals surface area contributed by atoms with Crippen molar-refractivity contribution in [2.45, 2.75) is 65.1 Å². The van der Waals surface area contributed by atoms with Crippen LogP contribution >= 0.6 is 0 Å². The number of fused-ring (bicyclic) bond motifs is 3. The molecule has 2 aliphatic rings. The van der Waals surface area contributed by atoms with E-state index in [1.165, 1.54) is 17.3 Å². The monoisotopic (exact) mass is 474 g/mol. The van der Waals surface area contributed by atoms with Crippen LogP contribution in [0.2, 0.25) is 0 Å². The van der Waals surface area contributed by atoms with Crippen LogP contribution in [0.3, 0.4) is 0 Å². The molecule has 5 rings (SSSR count). The molecule has 0 spiro atoms. The number of nitrogens with zero attached hydrogens (tertiary/aromatic N) is 1. The highest BCUT2D eigenvalue weighted by molar-refractivity contribution is 6.62. The molecule has 5 nitrogen and oxygen atoms in total. The number of hydrogen-bond donors (Lipinski definition) is 1. The van der Waals surface area contributed by atoms with Gasteiger partial charge in [-0.2, -0.15) is 0 Å². The van der Waals surface area contributed by atoms with Gasteiger partial charge < -0.3 is 19.2 Å². The van der Waals surface area contributed by atoms with E-state index in [4.69, 9.17) is 9.31 Å². The summed E-state index contributed by atoms with van der Waals surface area (Å²) < 4.78 is 28.3. The fourth-order valence-electron chi connectivity index (χ4n) is 5.07. The third kappa shape index (κ3) is 4.50. The fraction of sp³-hybridized carbons (Fsp3) is 0.393. The van der Waals surface area contributed by atoms with Crippen molar-refractivity contribution in [3.63, 3.8) is 0 Å². The van der Waals surface area contributed by atoms with Crippen molar-refractivity contribution in [3.8, 4) is 0 Å². The standard InChI is InChI=1S/C28H32BFN2O3/c1-17(2)27(33)31-22-10-12-26-24(15-22)23-14-20(29-34-18(3)28(4,5)35-29)9-11-25(23)32(26)16-19-7-6-8-21(30)13-19/h6-9,11,13-14,17,22H,3,10,12,15-16H2,1-2,4-5H3,(H,31,33). The van der Waals surface area contributed by atoms with Gasteiger partial charge in [-0.15, -0.1) is 0 Å². The second kappa shape index (κ2) is 8.87. The Hall–Kier alpha value is -3.06. The average Bonchev–Trinajstić information content (AvgIpc) is 3.26. The van der Waals surface area contributed by atoms with Gasteiger partial charge in [0.2, 0.25) is 5.91 Å². The second-order valence-corrected chi connectivity index (χ2v) is 10.5. The van der Waals surface area contributed by atoms with E-state index in [0.717, 1.165) is 41.2 Å². The molecule has 1 N–H and O–H groups in total. The van der Waals surface area contributed by atoms with Crippen LogP contribution in [0.15, 0.2) is 54.8 Å². The number of halogens is 1. The van der Waals surface area contributed by atoms with E-state index in [2.05, 4.69) is 28.6 Å². The lowest BCUT2D eigenvalue weighted by atomic mass is 9.78. The third-order valence-corrected chi connectivity index (χ3v) is 7.19. The Morgan fingerprint density at radius 2 is 2.09 bits per heavy atom. The van der Waals surface area contributed by atoms with Gasteiger partial charge in [-0.25, -0.2) is 4.39 Å². The van der Waals surface area contributed by atoms with E-state index < -0.39 is 12.7 Å². The molecule has 2 aromatic carbocycles. The molecular formula is C28H32BFN2O3. The number of aromatic nitrogens is 1. The first kappa shape index (κ1) is 23.7. The molecule has 0 saturated carbocycles. The summed E-state index contributed by atoms with van der Waals surface area (Å²) in [5, 5.41) is 4.34. The first-order valence-electron chi connectivity index (χ1n) is 12.3. The summed E-state index contributed by atoms with van der Waals surface area (Å²) in [7, 11) is -0.510. The number of carbonyl (C=O) groups is 1. The van der Waals surface area contributed by atoms with Gasteiger partial charge in [0, 0.05) is 35.1 Å². The number of carbonyl (C=O) groups excluding carboxylic acids is 1. The first-order valence-corrected chi connectivity index (χ1v) is 12.3. The van der Waals surface area contributed by atoms with Crippen molar-refractivity contribution >= 4 is 29.4 Å². The van der Waals surface area contributed by atoms with Gasteiger partial charge >= 0.3 is 7.12 Å². The third-order valence-electron chi connectivity index (χ3n) is 7.19. The van der Waals surface area contributed by atoms with Gasteiger partial charge in [-0.05, 0) is 67.9 Å². The van der Waals surface area contributed by atoms with E-state index >= 15 is 0 Å². The highest BCUT2D eigenvalue weighted by Gasteiger charge is 2.43. The molecule has 1 amide bonds. The SMILES string of the molecule is C=C1OB(c2ccc3c(c2)c2c(n3Cc3cccc(F)c3)CCC(NC(=O)C(C)C)C2)OC1(C)C. The summed E-state index contributed by atoms with van der Waals surface area (Å²) in [5.74, 6) is 0.413. The lowest BCUT2D eigenvalue weighted by Crippen LogP contribution is -2.41. The minimum Gasteiger partial charge on any atom is -0.534 e. The molecule has 3 aromatic rings. The van der Waals surface area contributed by atoms with Crippen LogP contribution in [0.25, 0.3) is 10.9 Å². The Bertz CT molecular complexity index is 1310. The van der Waals surface area contributed by atoms with Gasteiger partial charge in [0.25, 0.3) is 0 Å². The van der Waals surface area contributed by atoms with Crippen LogP contribution in [0.4, 0.5) is 4.39 Å². The fourth-order valence-corrected chi connectivity index (χ4v) is 5.07.